The van der Waals surface area contributed by atoms with Crippen LogP contribution in [0.4, 0.5) is 0 Å². The van der Waals surface area contributed by atoms with Crippen molar-refractivity contribution in [1.29, 1.82) is 0 Å². The maximum atomic E-state index is 11.7. The van der Waals surface area contributed by atoms with Crippen LogP contribution in [0, 0.1) is 0 Å². The van der Waals surface area contributed by atoms with Gasteiger partial charge in [0.05, 0.1) is 16.9 Å². The number of nitrogens with one attached hydrogen (secondary N) is 1. The summed E-state index contributed by atoms with van der Waals surface area (Å²) in [5.41, 5.74) is 7.78. The molecule has 5 heteroatoms. The molecular formula is C15H18N4O. The molecule has 3 rings (SSSR count). The quantitative estimate of drug-likeness (QED) is 0.886. The van der Waals surface area contributed by atoms with E-state index in [9.17, 15) is 4.79 Å². The van der Waals surface area contributed by atoms with E-state index in [0.29, 0.717) is 5.56 Å². The van der Waals surface area contributed by atoms with Crippen molar-refractivity contribution in [2.75, 3.05) is 13.1 Å². The Labute approximate surface area is 117 Å². The first-order chi connectivity index (χ1) is 9.75. The molecular weight excluding hydrogens is 252 g/mol. The zero-order chi connectivity index (χ0) is 13.9. The maximum Gasteiger partial charge on any atom is 0.252 e. The van der Waals surface area contributed by atoms with E-state index in [1.54, 1.807) is 10.9 Å². The molecule has 1 aromatic heterocycles. The maximum absolute atomic E-state index is 11.7. The number of carbonyl (C=O) groups excluding carboxylic acids is 1. The van der Waals surface area contributed by atoms with Crippen LogP contribution < -0.4 is 11.1 Å². The molecule has 0 spiro atoms. The summed E-state index contributed by atoms with van der Waals surface area (Å²) in [6, 6.07) is 9.76. The smallest absolute Gasteiger partial charge is 0.252 e. The van der Waals surface area contributed by atoms with Crippen LogP contribution in [-0.4, -0.2) is 28.8 Å². The van der Waals surface area contributed by atoms with Gasteiger partial charge in [0.2, 0.25) is 0 Å². The number of hydrogen-bond acceptors (Lipinski definition) is 3. The number of hydrogen-bond donors (Lipinski definition) is 2. The van der Waals surface area contributed by atoms with Gasteiger partial charge in [0, 0.05) is 18.7 Å². The standard InChI is InChI=1S/C15H18N4O/c16-15(20)13-10-19(12-6-2-1-3-7-12)18-14(13)11-5-4-8-17-9-11/h1-3,6-7,10-11,17H,4-5,8-9H2,(H2,16,20)/t11-/m0/s1. The molecule has 1 atom stereocenters. The van der Waals surface area contributed by atoms with Crippen LogP contribution in [0.1, 0.15) is 34.8 Å². The van der Waals surface area contributed by atoms with Gasteiger partial charge in [-0.05, 0) is 31.5 Å². The van der Waals surface area contributed by atoms with Crippen LogP contribution in [0.25, 0.3) is 5.69 Å². The lowest BCUT2D eigenvalue weighted by Crippen LogP contribution is -2.29. The Morgan fingerprint density at radius 3 is 2.80 bits per heavy atom. The van der Waals surface area contributed by atoms with Crippen molar-refractivity contribution in [3.63, 3.8) is 0 Å². The summed E-state index contributed by atoms with van der Waals surface area (Å²) in [6.45, 7) is 1.88. The monoisotopic (exact) mass is 270 g/mol. The number of para-hydroxylation sites is 1. The molecule has 2 heterocycles. The van der Waals surface area contributed by atoms with E-state index >= 15 is 0 Å². The topological polar surface area (TPSA) is 72.9 Å². The van der Waals surface area contributed by atoms with Crippen molar-refractivity contribution in [1.82, 2.24) is 15.1 Å². The number of benzene rings is 1. The fraction of sp³-hybridized carbons (Fsp3) is 0.333. The highest BCUT2D eigenvalue weighted by atomic mass is 16.1. The summed E-state index contributed by atoms with van der Waals surface area (Å²) in [7, 11) is 0. The van der Waals surface area contributed by atoms with E-state index < -0.39 is 5.91 Å². The summed E-state index contributed by atoms with van der Waals surface area (Å²) in [5, 5.41) is 7.95. The van der Waals surface area contributed by atoms with Gasteiger partial charge < -0.3 is 11.1 Å². The zero-order valence-corrected chi connectivity index (χ0v) is 11.2. The minimum Gasteiger partial charge on any atom is -0.365 e. The Bertz CT molecular complexity index is 600. The van der Waals surface area contributed by atoms with Crippen LogP contribution in [0.5, 0.6) is 0 Å². The lowest BCUT2D eigenvalue weighted by molar-refractivity contribution is 0.0998. The third-order valence-electron chi connectivity index (χ3n) is 3.71. The number of aromatic nitrogens is 2. The highest BCUT2D eigenvalue weighted by Crippen LogP contribution is 2.25. The Morgan fingerprint density at radius 1 is 1.35 bits per heavy atom. The molecule has 3 N–H and O–H groups in total. The first-order valence-electron chi connectivity index (χ1n) is 6.91. The summed E-state index contributed by atoms with van der Waals surface area (Å²) in [4.78, 5) is 11.7. The number of rotatable bonds is 3. The minimum absolute atomic E-state index is 0.260. The highest BCUT2D eigenvalue weighted by Gasteiger charge is 2.24. The number of piperidine rings is 1. The normalized spacial score (nSPS) is 18.9. The predicted octanol–water partition coefficient (Wildman–Crippen LogP) is 1.44. The van der Waals surface area contributed by atoms with Crippen molar-refractivity contribution >= 4 is 5.91 Å². The summed E-state index contributed by atoms with van der Waals surface area (Å²) in [6.07, 6.45) is 3.88. The molecule has 20 heavy (non-hydrogen) atoms. The Morgan fingerprint density at radius 2 is 2.15 bits per heavy atom. The second-order valence-corrected chi connectivity index (χ2v) is 5.12. The van der Waals surface area contributed by atoms with E-state index in [2.05, 4.69) is 10.4 Å². The molecule has 0 radical (unpaired) electrons. The van der Waals surface area contributed by atoms with Crippen molar-refractivity contribution in [2.45, 2.75) is 18.8 Å². The molecule has 1 saturated heterocycles. The van der Waals surface area contributed by atoms with Gasteiger partial charge in [-0.1, -0.05) is 18.2 Å². The number of amides is 1. The fourth-order valence-corrected chi connectivity index (χ4v) is 2.68. The molecule has 1 fully saturated rings. The van der Waals surface area contributed by atoms with Gasteiger partial charge in [-0.25, -0.2) is 4.68 Å². The van der Waals surface area contributed by atoms with Gasteiger partial charge >= 0.3 is 0 Å². The first-order valence-corrected chi connectivity index (χ1v) is 6.91. The summed E-state index contributed by atoms with van der Waals surface area (Å²) < 4.78 is 1.74. The van der Waals surface area contributed by atoms with E-state index in [1.807, 2.05) is 30.3 Å². The lowest BCUT2D eigenvalue weighted by atomic mass is 9.94. The van der Waals surface area contributed by atoms with Gasteiger partial charge in [-0.2, -0.15) is 5.10 Å². The van der Waals surface area contributed by atoms with E-state index in [4.69, 9.17) is 5.73 Å². The van der Waals surface area contributed by atoms with Crippen LogP contribution in [0.15, 0.2) is 36.5 Å². The largest absolute Gasteiger partial charge is 0.365 e. The number of nitrogens with two attached hydrogens (primary N) is 1. The number of nitrogens with zero attached hydrogens (tertiary/aromatic N) is 2. The Balaban J connectivity index is 2.00. The van der Waals surface area contributed by atoms with E-state index in [0.717, 1.165) is 37.3 Å². The van der Waals surface area contributed by atoms with Crippen LogP contribution in [0.2, 0.25) is 0 Å². The second kappa shape index (κ2) is 5.46. The van der Waals surface area contributed by atoms with E-state index in [1.165, 1.54) is 0 Å². The van der Waals surface area contributed by atoms with Crippen molar-refractivity contribution in [3.05, 3.63) is 47.8 Å². The third kappa shape index (κ3) is 2.44. The fourth-order valence-electron chi connectivity index (χ4n) is 2.68. The SMILES string of the molecule is NC(=O)c1cn(-c2ccccc2)nc1[C@H]1CCCNC1. The number of primary amides is 1. The molecule has 104 valence electrons. The Hall–Kier alpha value is -2.14. The van der Waals surface area contributed by atoms with Crippen molar-refractivity contribution < 1.29 is 4.79 Å². The molecule has 1 aliphatic rings. The molecule has 1 aliphatic heterocycles. The Kier molecular flexibility index (Phi) is 3.52. The predicted molar refractivity (Wildman–Crippen MR) is 76.9 cm³/mol. The lowest BCUT2D eigenvalue weighted by Gasteiger charge is -2.21. The molecule has 2 aromatic rings. The van der Waals surface area contributed by atoms with Gasteiger partial charge in [0.1, 0.15) is 0 Å². The molecule has 0 unspecified atom stereocenters. The number of carbonyl (C=O) groups is 1. The minimum atomic E-state index is -0.409. The average molecular weight is 270 g/mol. The first kappa shape index (κ1) is 12.9. The van der Waals surface area contributed by atoms with Gasteiger partial charge in [-0.3, -0.25) is 4.79 Å². The van der Waals surface area contributed by atoms with Crippen LogP contribution in [-0.2, 0) is 0 Å². The van der Waals surface area contributed by atoms with Crippen LogP contribution >= 0.6 is 0 Å². The van der Waals surface area contributed by atoms with Crippen molar-refractivity contribution in [2.24, 2.45) is 5.73 Å². The molecule has 0 aliphatic carbocycles. The molecule has 1 aromatic carbocycles. The van der Waals surface area contributed by atoms with Gasteiger partial charge in [-0.15, -0.1) is 0 Å². The molecule has 1 amide bonds. The van der Waals surface area contributed by atoms with Crippen LogP contribution in [0.3, 0.4) is 0 Å². The van der Waals surface area contributed by atoms with Gasteiger partial charge in [0.25, 0.3) is 5.91 Å². The van der Waals surface area contributed by atoms with Gasteiger partial charge in [0.15, 0.2) is 0 Å². The zero-order valence-electron chi connectivity index (χ0n) is 11.2. The third-order valence-corrected chi connectivity index (χ3v) is 3.71. The molecule has 0 bridgehead atoms. The summed E-state index contributed by atoms with van der Waals surface area (Å²) >= 11 is 0. The van der Waals surface area contributed by atoms with E-state index in [-0.39, 0.29) is 5.92 Å². The van der Waals surface area contributed by atoms with Crippen molar-refractivity contribution in [3.8, 4) is 5.69 Å². The molecule has 0 saturated carbocycles. The average Bonchev–Trinajstić information content (AvgIpc) is 2.94. The second-order valence-electron chi connectivity index (χ2n) is 5.12. The highest BCUT2D eigenvalue weighted by molar-refractivity contribution is 5.94. The molecule has 5 nitrogen and oxygen atoms in total. The summed E-state index contributed by atoms with van der Waals surface area (Å²) in [5.74, 6) is -0.149.